The van der Waals surface area contributed by atoms with E-state index in [1.54, 1.807) is 13.2 Å². The Labute approximate surface area is 181 Å². The highest BCUT2D eigenvalue weighted by molar-refractivity contribution is 5.96. The molecule has 1 aromatic carbocycles. The zero-order chi connectivity index (χ0) is 22.2. The topological polar surface area (TPSA) is 69.2 Å². The first kappa shape index (κ1) is 22.2. The first-order valence-electron chi connectivity index (χ1n) is 10.3. The zero-order valence-electron chi connectivity index (χ0n) is 18.3. The molecule has 3 aromatic rings. The average molecular weight is 423 g/mol. The van der Waals surface area contributed by atoms with Crippen LogP contribution in [0.2, 0.25) is 0 Å². The summed E-state index contributed by atoms with van der Waals surface area (Å²) in [6, 6.07) is 6.77. The highest BCUT2D eigenvalue weighted by Crippen LogP contribution is 2.33. The maximum Gasteiger partial charge on any atom is 0.145 e. The van der Waals surface area contributed by atoms with Crippen LogP contribution in [0.3, 0.4) is 0 Å². The Bertz CT molecular complexity index is 1090. The highest BCUT2D eigenvalue weighted by Gasteiger charge is 2.13. The number of methoxy groups -OCH3 is 1. The maximum absolute atomic E-state index is 13.3. The molecule has 0 radical (unpaired) electrons. The van der Waals surface area contributed by atoms with E-state index in [1.807, 2.05) is 31.2 Å². The molecule has 0 aliphatic carbocycles. The number of nitrogens with one attached hydrogen (secondary N) is 1. The van der Waals surface area contributed by atoms with Crippen molar-refractivity contribution in [2.45, 2.75) is 33.6 Å². The van der Waals surface area contributed by atoms with Crippen LogP contribution in [0.4, 0.5) is 10.2 Å². The lowest BCUT2D eigenvalue weighted by Gasteiger charge is -2.15. The van der Waals surface area contributed by atoms with Gasteiger partial charge in [-0.2, -0.15) is 0 Å². The molecule has 0 unspecified atom stereocenters. The van der Waals surface area contributed by atoms with Gasteiger partial charge in [-0.3, -0.25) is 4.98 Å². The number of nitrogens with zero attached hydrogens (tertiary/aromatic N) is 3. The lowest BCUT2D eigenvalue weighted by atomic mass is 10.1. The number of halogens is 1. The zero-order valence-corrected chi connectivity index (χ0v) is 18.3. The van der Waals surface area contributed by atoms with Gasteiger partial charge in [0.1, 0.15) is 35.0 Å². The second-order valence-corrected chi connectivity index (χ2v) is 6.92. The van der Waals surface area contributed by atoms with Crippen LogP contribution in [0.5, 0.6) is 5.75 Å². The highest BCUT2D eigenvalue weighted by atomic mass is 19.1. The molecule has 1 N–H and O–H groups in total. The fraction of sp³-hybridized carbons (Fsp3) is 0.292. The third-order valence-corrected chi connectivity index (χ3v) is 4.59. The molecule has 31 heavy (non-hydrogen) atoms. The summed E-state index contributed by atoms with van der Waals surface area (Å²) in [5.41, 5.74) is 2.09. The van der Waals surface area contributed by atoms with Gasteiger partial charge in [0.2, 0.25) is 0 Å². The van der Waals surface area contributed by atoms with Gasteiger partial charge in [-0.15, -0.1) is 0 Å². The van der Waals surface area contributed by atoms with Crippen LogP contribution in [-0.2, 0) is 4.74 Å². The summed E-state index contributed by atoms with van der Waals surface area (Å²) in [4.78, 5) is 13.0. The Morgan fingerprint density at radius 3 is 2.58 bits per heavy atom. The average Bonchev–Trinajstić information content (AvgIpc) is 2.77. The minimum Gasteiger partial charge on any atom is -0.494 e. The smallest absolute Gasteiger partial charge is 0.145 e. The van der Waals surface area contributed by atoms with Gasteiger partial charge in [-0.05, 0) is 56.2 Å². The predicted octanol–water partition coefficient (Wildman–Crippen LogP) is 5.88. The van der Waals surface area contributed by atoms with Crippen molar-refractivity contribution in [2.75, 3.05) is 19.0 Å². The number of benzene rings is 1. The number of allylic oxidation sites excluding steroid dienone is 3. The molecule has 2 aromatic heterocycles. The van der Waals surface area contributed by atoms with Crippen LogP contribution in [0, 0.1) is 5.82 Å². The molecule has 3 rings (SSSR count). The van der Waals surface area contributed by atoms with Crippen LogP contribution in [0.15, 0.2) is 60.5 Å². The Kier molecular flexibility index (Phi) is 7.54. The summed E-state index contributed by atoms with van der Waals surface area (Å²) in [5.74, 6) is 2.54. The molecule has 0 bridgehead atoms. The van der Waals surface area contributed by atoms with Crippen molar-refractivity contribution in [1.82, 2.24) is 15.0 Å². The number of fused-ring (bicyclic) bond motifs is 1. The van der Waals surface area contributed by atoms with Crippen molar-refractivity contribution in [1.29, 1.82) is 0 Å². The van der Waals surface area contributed by atoms with E-state index in [0.29, 0.717) is 29.3 Å². The fourth-order valence-corrected chi connectivity index (χ4v) is 3.21. The molecule has 7 heteroatoms. The van der Waals surface area contributed by atoms with Gasteiger partial charge in [0, 0.05) is 10.9 Å². The monoisotopic (exact) mass is 422 g/mol. The van der Waals surface area contributed by atoms with Gasteiger partial charge < -0.3 is 14.8 Å². The van der Waals surface area contributed by atoms with Crippen molar-refractivity contribution in [3.05, 3.63) is 66.3 Å². The SMILES string of the molecule is CC/C=C(/C)O/C(=C/CC)CNc1ncnc2c(OC)cc(-c3ccc(F)cn3)cc12. The standard InChI is InChI=1S/C24H27FN4O2/c1-5-7-16(3)31-19(8-6-2)14-27-24-20-11-17(21-10-9-18(25)13-26-21)12-22(30-4)23(20)28-15-29-24/h7-13,15H,5-6,14H2,1-4H3,(H,27,28,29)/b16-7-,19-8+. The van der Waals surface area contributed by atoms with Gasteiger partial charge in [0.05, 0.1) is 31.3 Å². The van der Waals surface area contributed by atoms with Gasteiger partial charge in [0.25, 0.3) is 0 Å². The number of ether oxygens (including phenoxy) is 2. The first-order valence-corrected chi connectivity index (χ1v) is 10.3. The number of hydrogen-bond donors (Lipinski definition) is 1. The molecule has 162 valence electrons. The summed E-state index contributed by atoms with van der Waals surface area (Å²) in [6.45, 7) is 6.55. The van der Waals surface area contributed by atoms with Gasteiger partial charge in [0.15, 0.2) is 0 Å². The molecule has 0 saturated heterocycles. The quantitative estimate of drug-likeness (QED) is 0.435. The van der Waals surface area contributed by atoms with Gasteiger partial charge >= 0.3 is 0 Å². The Morgan fingerprint density at radius 1 is 1.10 bits per heavy atom. The Hall–Kier alpha value is -3.48. The molecule has 0 spiro atoms. The van der Waals surface area contributed by atoms with Crippen molar-refractivity contribution in [3.8, 4) is 17.0 Å². The lowest BCUT2D eigenvalue weighted by molar-refractivity contribution is 0.301. The number of hydrogen-bond acceptors (Lipinski definition) is 6. The van der Waals surface area contributed by atoms with E-state index in [0.717, 1.165) is 35.3 Å². The van der Waals surface area contributed by atoms with Gasteiger partial charge in [-0.1, -0.05) is 13.8 Å². The molecule has 6 nitrogen and oxygen atoms in total. The van der Waals surface area contributed by atoms with E-state index < -0.39 is 0 Å². The number of pyridine rings is 1. The van der Waals surface area contributed by atoms with E-state index in [1.165, 1.54) is 18.6 Å². The van der Waals surface area contributed by atoms with Gasteiger partial charge in [-0.25, -0.2) is 14.4 Å². The summed E-state index contributed by atoms with van der Waals surface area (Å²) < 4.78 is 24.8. The van der Waals surface area contributed by atoms with Crippen LogP contribution < -0.4 is 10.1 Å². The van der Waals surface area contributed by atoms with E-state index in [-0.39, 0.29) is 5.82 Å². The Morgan fingerprint density at radius 2 is 1.90 bits per heavy atom. The Balaban J connectivity index is 1.96. The minimum absolute atomic E-state index is 0.384. The van der Waals surface area contributed by atoms with Crippen molar-refractivity contribution in [2.24, 2.45) is 0 Å². The van der Waals surface area contributed by atoms with Crippen molar-refractivity contribution >= 4 is 16.7 Å². The largest absolute Gasteiger partial charge is 0.494 e. The van der Waals surface area contributed by atoms with Crippen LogP contribution >= 0.6 is 0 Å². The third kappa shape index (κ3) is 5.57. The maximum atomic E-state index is 13.3. The van der Waals surface area contributed by atoms with E-state index in [2.05, 4.69) is 34.1 Å². The van der Waals surface area contributed by atoms with Crippen molar-refractivity contribution < 1.29 is 13.9 Å². The lowest BCUT2D eigenvalue weighted by Crippen LogP contribution is -2.09. The number of rotatable bonds is 9. The second kappa shape index (κ2) is 10.5. The molecule has 2 heterocycles. The predicted molar refractivity (Wildman–Crippen MR) is 121 cm³/mol. The normalized spacial score (nSPS) is 12.2. The summed E-state index contributed by atoms with van der Waals surface area (Å²) in [5, 5.41) is 4.13. The molecule has 0 aliphatic heterocycles. The first-order chi connectivity index (χ1) is 15.0. The fourth-order valence-electron chi connectivity index (χ4n) is 3.21. The molecule has 0 atom stereocenters. The summed E-state index contributed by atoms with van der Waals surface area (Å²) in [6.07, 6.45) is 8.53. The number of anilines is 1. The van der Waals surface area contributed by atoms with Crippen LogP contribution in [-0.4, -0.2) is 28.6 Å². The molecular weight excluding hydrogens is 395 g/mol. The third-order valence-electron chi connectivity index (χ3n) is 4.59. The minimum atomic E-state index is -0.384. The molecule has 0 aliphatic rings. The number of aromatic nitrogens is 3. The van der Waals surface area contributed by atoms with Crippen molar-refractivity contribution in [3.63, 3.8) is 0 Å². The molecule has 0 saturated carbocycles. The van der Waals surface area contributed by atoms with Crippen LogP contribution in [0.25, 0.3) is 22.2 Å². The molecule has 0 amide bonds. The second-order valence-electron chi connectivity index (χ2n) is 6.92. The summed E-state index contributed by atoms with van der Waals surface area (Å²) >= 11 is 0. The van der Waals surface area contributed by atoms with Crippen LogP contribution in [0.1, 0.15) is 33.6 Å². The molecular formula is C24H27FN4O2. The van der Waals surface area contributed by atoms with E-state index in [4.69, 9.17) is 9.47 Å². The molecule has 0 fully saturated rings. The summed E-state index contributed by atoms with van der Waals surface area (Å²) in [7, 11) is 1.59. The van der Waals surface area contributed by atoms with E-state index >= 15 is 0 Å². The van der Waals surface area contributed by atoms with E-state index in [9.17, 15) is 4.39 Å².